The second-order valence-electron chi connectivity index (χ2n) is 4.39. The lowest BCUT2D eigenvalue weighted by Crippen LogP contribution is -2.37. The molecule has 8 heteroatoms. The summed E-state index contributed by atoms with van der Waals surface area (Å²) in [5, 5.41) is 6.15. The molecule has 1 heterocycles. The fourth-order valence-corrected chi connectivity index (χ4v) is 1.87. The molecule has 1 amide bonds. The molecule has 0 aliphatic heterocycles. The van der Waals surface area contributed by atoms with Gasteiger partial charge in [0.1, 0.15) is 18.2 Å². The summed E-state index contributed by atoms with van der Waals surface area (Å²) in [6, 6.07) is 2.81. The summed E-state index contributed by atoms with van der Waals surface area (Å²) in [6.07, 6.45) is 3.03. The van der Waals surface area contributed by atoms with E-state index in [-0.39, 0.29) is 12.1 Å². The Kier molecular flexibility index (Phi) is 4.82. The van der Waals surface area contributed by atoms with Gasteiger partial charge in [0, 0.05) is 18.0 Å². The number of nitrogens with zero attached hydrogens (tertiary/aromatic N) is 2. The third-order valence-corrected chi connectivity index (χ3v) is 2.88. The monoisotopic (exact) mass is 309 g/mol. The molecule has 0 fully saturated rings. The molecule has 1 aromatic carbocycles. The lowest BCUT2D eigenvalue weighted by Gasteiger charge is -2.17. The number of hydrogen-bond acceptors (Lipinski definition) is 4. The van der Waals surface area contributed by atoms with Gasteiger partial charge in [0.2, 0.25) is 5.91 Å². The highest BCUT2D eigenvalue weighted by Gasteiger charge is 2.27. The number of amides is 1. The molecular weight excluding hydrogens is 296 g/mol. The molecule has 0 bridgehead atoms. The minimum absolute atomic E-state index is 0.169. The number of methoxy groups -OCH3 is 1. The molecule has 6 nitrogen and oxygen atoms in total. The summed E-state index contributed by atoms with van der Waals surface area (Å²) >= 11 is 0. The van der Waals surface area contributed by atoms with E-state index in [1.54, 1.807) is 12.3 Å². The van der Waals surface area contributed by atoms with Gasteiger partial charge in [-0.2, -0.15) is 5.10 Å². The van der Waals surface area contributed by atoms with Gasteiger partial charge in [-0.3, -0.25) is 9.48 Å². The largest absolute Gasteiger partial charge is 0.467 e. The van der Waals surface area contributed by atoms with E-state index < -0.39 is 29.6 Å². The van der Waals surface area contributed by atoms with Crippen molar-refractivity contribution in [3.8, 4) is 0 Å². The summed E-state index contributed by atoms with van der Waals surface area (Å²) in [6.45, 7) is -0.169. The zero-order valence-corrected chi connectivity index (χ0v) is 11.6. The first-order valence-electron chi connectivity index (χ1n) is 6.31. The van der Waals surface area contributed by atoms with Crippen LogP contribution in [0.4, 0.5) is 8.78 Å². The van der Waals surface area contributed by atoms with E-state index in [9.17, 15) is 18.4 Å². The smallest absolute Gasteiger partial charge is 0.333 e. The lowest BCUT2D eigenvalue weighted by molar-refractivity contribution is -0.145. The molecule has 0 spiro atoms. The summed E-state index contributed by atoms with van der Waals surface area (Å²) in [5.41, 5.74) is -0.305. The van der Waals surface area contributed by atoms with Gasteiger partial charge < -0.3 is 10.1 Å². The molecule has 0 radical (unpaired) electrons. The maximum absolute atomic E-state index is 13.8. The predicted molar refractivity (Wildman–Crippen MR) is 71.5 cm³/mol. The first-order chi connectivity index (χ1) is 10.5. The van der Waals surface area contributed by atoms with Crippen LogP contribution in [-0.2, 0) is 20.9 Å². The van der Waals surface area contributed by atoms with Gasteiger partial charge >= 0.3 is 5.97 Å². The third-order valence-electron chi connectivity index (χ3n) is 2.88. The fraction of sp³-hybridized carbons (Fsp3) is 0.214. The van der Waals surface area contributed by atoms with Gasteiger partial charge in [0.05, 0.1) is 7.11 Å². The molecule has 0 saturated heterocycles. The zero-order valence-electron chi connectivity index (χ0n) is 11.6. The molecule has 1 unspecified atom stereocenters. The van der Waals surface area contributed by atoms with Crippen LogP contribution < -0.4 is 5.32 Å². The molecule has 116 valence electrons. The number of carbonyl (C=O) groups excluding carboxylic acids is 2. The van der Waals surface area contributed by atoms with Gasteiger partial charge in [0.15, 0.2) is 6.04 Å². The topological polar surface area (TPSA) is 73.2 Å². The second kappa shape index (κ2) is 6.79. The lowest BCUT2D eigenvalue weighted by atomic mass is 10.1. The Morgan fingerprint density at radius 3 is 2.82 bits per heavy atom. The maximum atomic E-state index is 13.8. The minimum atomic E-state index is -1.44. The van der Waals surface area contributed by atoms with Gasteiger partial charge in [-0.1, -0.05) is 0 Å². The summed E-state index contributed by atoms with van der Waals surface area (Å²) in [7, 11) is 1.09. The highest BCUT2D eigenvalue weighted by atomic mass is 19.1. The van der Waals surface area contributed by atoms with Crippen molar-refractivity contribution < 1.29 is 23.1 Å². The Morgan fingerprint density at radius 2 is 2.18 bits per heavy atom. The van der Waals surface area contributed by atoms with Gasteiger partial charge in [0.25, 0.3) is 0 Å². The standard InChI is InChI=1S/C14H13F2N3O3/c1-22-14(21)13(10-7-9(15)3-4-11(10)16)18-12(20)8-19-6-2-5-17-19/h2-7,13H,8H2,1H3,(H,18,20). The Hall–Kier alpha value is -2.77. The van der Waals surface area contributed by atoms with Crippen LogP contribution in [0.2, 0.25) is 0 Å². The molecule has 2 aromatic rings. The quantitative estimate of drug-likeness (QED) is 0.842. The number of rotatable bonds is 5. The van der Waals surface area contributed by atoms with Crippen LogP contribution in [0.15, 0.2) is 36.7 Å². The minimum Gasteiger partial charge on any atom is -0.467 e. The first-order valence-corrected chi connectivity index (χ1v) is 6.31. The van der Waals surface area contributed by atoms with Gasteiger partial charge in [-0.15, -0.1) is 0 Å². The summed E-state index contributed by atoms with van der Waals surface area (Å²) in [4.78, 5) is 23.7. The van der Waals surface area contributed by atoms with E-state index in [4.69, 9.17) is 0 Å². The van der Waals surface area contributed by atoms with E-state index in [1.807, 2.05) is 0 Å². The average molecular weight is 309 g/mol. The third kappa shape index (κ3) is 3.66. The van der Waals surface area contributed by atoms with Crippen molar-refractivity contribution in [3.63, 3.8) is 0 Å². The Balaban J connectivity index is 2.21. The average Bonchev–Trinajstić information content (AvgIpc) is 2.99. The van der Waals surface area contributed by atoms with Crippen molar-refractivity contribution >= 4 is 11.9 Å². The van der Waals surface area contributed by atoms with Gasteiger partial charge in [-0.25, -0.2) is 13.6 Å². The molecule has 2 rings (SSSR count). The van der Waals surface area contributed by atoms with Crippen LogP contribution in [0.3, 0.4) is 0 Å². The molecule has 1 N–H and O–H groups in total. The van der Waals surface area contributed by atoms with Crippen LogP contribution in [0, 0.1) is 11.6 Å². The Labute approximate surface area is 124 Å². The number of hydrogen-bond donors (Lipinski definition) is 1. The number of aromatic nitrogens is 2. The molecule has 0 aliphatic carbocycles. The predicted octanol–water partition coefficient (Wildman–Crippen LogP) is 1.19. The number of halogens is 2. The molecule has 1 aromatic heterocycles. The normalized spacial score (nSPS) is 11.8. The van der Waals surface area contributed by atoms with Crippen LogP contribution in [-0.4, -0.2) is 28.8 Å². The molecule has 22 heavy (non-hydrogen) atoms. The highest BCUT2D eigenvalue weighted by molar-refractivity contribution is 5.85. The Bertz CT molecular complexity index is 674. The first kappa shape index (κ1) is 15.6. The Morgan fingerprint density at radius 1 is 1.41 bits per heavy atom. The fourth-order valence-electron chi connectivity index (χ4n) is 1.87. The van der Waals surface area contributed by atoms with Crippen molar-refractivity contribution in [2.75, 3.05) is 7.11 Å². The van der Waals surface area contributed by atoms with Crippen molar-refractivity contribution in [1.82, 2.24) is 15.1 Å². The summed E-state index contributed by atoms with van der Waals surface area (Å²) < 4.78 is 32.9. The van der Waals surface area contributed by atoms with E-state index in [0.29, 0.717) is 0 Å². The van der Waals surface area contributed by atoms with E-state index >= 15 is 0 Å². The highest BCUT2D eigenvalue weighted by Crippen LogP contribution is 2.19. The SMILES string of the molecule is COC(=O)C(NC(=O)Cn1cccn1)c1cc(F)ccc1F. The van der Waals surface area contributed by atoms with Crippen molar-refractivity contribution in [2.24, 2.45) is 0 Å². The van der Waals surface area contributed by atoms with E-state index in [0.717, 1.165) is 25.3 Å². The molecule has 1 atom stereocenters. The van der Waals surface area contributed by atoms with Crippen LogP contribution >= 0.6 is 0 Å². The second-order valence-corrected chi connectivity index (χ2v) is 4.39. The van der Waals surface area contributed by atoms with E-state index in [1.165, 1.54) is 10.9 Å². The summed E-state index contributed by atoms with van der Waals surface area (Å²) in [5.74, 6) is -3.05. The van der Waals surface area contributed by atoms with E-state index in [2.05, 4.69) is 15.2 Å². The number of esters is 1. The number of carbonyl (C=O) groups is 2. The van der Waals surface area contributed by atoms with Crippen molar-refractivity contribution in [2.45, 2.75) is 12.6 Å². The number of nitrogens with one attached hydrogen (secondary N) is 1. The zero-order chi connectivity index (χ0) is 16.1. The molecule has 0 aliphatic rings. The van der Waals surface area contributed by atoms with Crippen LogP contribution in [0.1, 0.15) is 11.6 Å². The van der Waals surface area contributed by atoms with Crippen molar-refractivity contribution in [1.29, 1.82) is 0 Å². The van der Waals surface area contributed by atoms with Crippen LogP contribution in [0.5, 0.6) is 0 Å². The maximum Gasteiger partial charge on any atom is 0.333 e. The molecular formula is C14H13F2N3O3. The van der Waals surface area contributed by atoms with Crippen LogP contribution in [0.25, 0.3) is 0 Å². The molecule has 0 saturated carbocycles. The van der Waals surface area contributed by atoms with Gasteiger partial charge in [-0.05, 0) is 24.3 Å². The number of benzene rings is 1. The van der Waals surface area contributed by atoms with Crippen molar-refractivity contribution in [3.05, 3.63) is 53.9 Å². The number of ether oxygens (including phenoxy) is 1.